The Kier molecular flexibility index (Phi) is 8.13. The van der Waals surface area contributed by atoms with Crippen molar-refractivity contribution in [1.82, 2.24) is 4.72 Å². The Hall–Kier alpha value is -2.27. The fourth-order valence-electron chi connectivity index (χ4n) is 2.25. The molecular weight excluding hydrogens is 465 g/mol. The fraction of sp³-hybridized carbons (Fsp3) is 0.222. The van der Waals surface area contributed by atoms with Crippen LogP contribution in [0.25, 0.3) is 0 Å². The van der Waals surface area contributed by atoms with Gasteiger partial charge < -0.3 is 10.1 Å². The van der Waals surface area contributed by atoms with Crippen molar-refractivity contribution in [2.24, 2.45) is 0 Å². The van der Waals surface area contributed by atoms with Crippen LogP contribution in [0.2, 0.25) is 10.0 Å². The lowest BCUT2D eigenvalue weighted by atomic mass is 10.2. The second-order valence-corrected chi connectivity index (χ2v) is 8.43. The minimum absolute atomic E-state index is 0.0942. The highest BCUT2D eigenvalue weighted by atomic mass is 35.5. The van der Waals surface area contributed by atoms with Crippen LogP contribution in [0.3, 0.4) is 0 Å². The third-order valence-corrected chi connectivity index (χ3v) is 6.11. The molecule has 0 heterocycles. The summed E-state index contributed by atoms with van der Waals surface area (Å²) in [6, 6.07) is 7.19. The first-order valence-electron chi connectivity index (χ1n) is 8.41. The van der Waals surface area contributed by atoms with Crippen molar-refractivity contribution >= 4 is 50.8 Å². The molecule has 0 aromatic heterocycles. The minimum Gasteiger partial charge on any atom is -0.452 e. The lowest BCUT2D eigenvalue weighted by Crippen LogP contribution is -2.32. The Morgan fingerprint density at radius 2 is 1.60 bits per heavy atom. The Labute approximate surface area is 181 Å². The highest BCUT2D eigenvalue weighted by molar-refractivity contribution is 7.89. The molecule has 0 radical (unpaired) electrons. The average molecular weight is 481 g/mol. The molecule has 162 valence electrons. The van der Waals surface area contributed by atoms with Crippen molar-refractivity contribution in [3.8, 4) is 0 Å². The van der Waals surface area contributed by atoms with Gasteiger partial charge in [0.2, 0.25) is 10.0 Å². The molecule has 1 amide bonds. The molecule has 2 aromatic carbocycles. The maximum atomic E-state index is 13.6. The molecule has 1 unspecified atom stereocenters. The number of benzene rings is 2. The van der Waals surface area contributed by atoms with E-state index in [1.165, 1.54) is 25.1 Å². The van der Waals surface area contributed by atoms with E-state index in [1.54, 1.807) is 0 Å². The summed E-state index contributed by atoms with van der Waals surface area (Å²) in [4.78, 5) is 23.5. The molecule has 2 aromatic rings. The van der Waals surface area contributed by atoms with Gasteiger partial charge in [-0.05, 0) is 31.2 Å². The zero-order chi connectivity index (χ0) is 22.5. The van der Waals surface area contributed by atoms with Crippen molar-refractivity contribution in [2.75, 3.05) is 11.9 Å². The van der Waals surface area contributed by atoms with Crippen LogP contribution in [0.5, 0.6) is 0 Å². The molecule has 0 aliphatic rings. The number of nitrogens with one attached hydrogen (secondary N) is 2. The van der Waals surface area contributed by atoms with E-state index in [4.69, 9.17) is 27.9 Å². The van der Waals surface area contributed by atoms with E-state index in [9.17, 15) is 26.8 Å². The zero-order valence-electron chi connectivity index (χ0n) is 15.4. The van der Waals surface area contributed by atoms with E-state index in [0.29, 0.717) is 0 Å². The number of sulfonamides is 1. The minimum atomic E-state index is -4.10. The molecule has 2 N–H and O–H groups in total. The number of halogens is 4. The average Bonchev–Trinajstić information content (AvgIpc) is 2.64. The maximum absolute atomic E-state index is 13.6. The van der Waals surface area contributed by atoms with Crippen molar-refractivity contribution in [3.05, 3.63) is 58.1 Å². The zero-order valence-corrected chi connectivity index (χ0v) is 17.7. The SMILES string of the molecule is CC(OC(=O)CCNS(=O)(=O)c1c(Cl)cccc1Cl)C(=O)Nc1c(F)cccc1F. The van der Waals surface area contributed by atoms with Crippen LogP contribution >= 0.6 is 23.2 Å². The Morgan fingerprint density at radius 3 is 2.17 bits per heavy atom. The predicted octanol–water partition coefficient (Wildman–Crippen LogP) is 3.51. The van der Waals surface area contributed by atoms with Crippen molar-refractivity contribution in [2.45, 2.75) is 24.3 Å². The van der Waals surface area contributed by atoms with Crippen molar-refractivity contribution in [1.29, 1.82) is 0 Å². The van der Waals surface area contributed by atoms with E-state index >= 15 is 0 Å². The van der Waals surface area contributed by atoms with Crippen LogP contribution in [0.4, 0.5) is 14.5 Å². The van der Waals surface area contributed by atoms with E-state index in [2.05, 4.69) is 4.72 Å². The van der Waals surface area contributed by atoms with E-state index in [0.717, 1.165) is 18.2 Å². The first kappa shape index (κ1) is 24.0. The summed E-state index contributed by atoms with van der Waals surface area (Å²) in [5.74, 6) is -3.86. The van der Waals surface area contributed by atoms with E-state index in [-0.39, 0.29) is 21.5 Å². The second-order valence-electron chi connectivity index (χ2n) is 5.92. The summed E-state index contributed by atoms with van der Waals surface area (Å²) >= 11 is 11.7. The van der Waals surface area contributed by atoms with Gasteiger partial charge in [-0.25, -0.2) is 21.9 Å². The van der Waals surface area contributed by atoms with Crippen LogP contribution in [0.15, 0.2) is 41.3 Å². The standard InChI is InChI=1S/C18H16Cl2F2N2O5S/c1-10(18(26)24-16-13(21)6-3-7-14(16)22)29-15(25)8-9-23-30(27,28)17-11(19)4-2-5-12(17)20/h2-7,10,23H,8-9H2,1H3,(H,24,26). The molecule has 1 atom stereocenters. The van der Waals surface area contributed by atoms with Gasteiger partial charge in [-0.3, -0.25) is 9.59 Å². The highest BCUT2D eigenvalue weighted by Gasteiger charge is 2.23. The lowest BCUT2D eigenvalue weighted by molar-refractivity contribution is -0.152. The molecule has 7 nitrogen and oxygen atoms in total. The number of carbonyl (C=O) groups excluding carboxylic acids is 2. The fourth-order valence-corrected chi connectivity index (χ4v) is 4.42. The van der Waals surface area contributed by atoms with Gasteiger partial charge in [0.15, 0.2) is 6.10 Å². The molecular formula is C18H16Cl2F2N2O5S. The number of anilines is 1. The van der Waals surface area contributed by atoms with Gasteiger partial charge in [-0.1, -0.05) is 35.3 Å². The summed E-state index contributed by atoms with van der Waals surface area (Å²) in [6.45, 7) is 0.832. The Balaban J connectivity index is 1.89. The number of hydrogen-bond donors (Lipinski definition) is 2. The number of amides is 1. The van der Waals surface area contributed by atoms with Crippen LogP contribution in [-0.4, -0.2) is 32.9 Å². The Morgan fingerprint density at radius 1 is 1.07 bits per heavy atom. The van der Waals surface area contributed by atoms with Crippen LogP contribution in [0.1, 0.15) is 13.3 Å². The summed E-state index contributed by atoms with van der Waals surface area (Å²) < 4.78 is 58.7. The third-order valence-electron chi connectivity index (χ3n) is 3.70. The summed E-state index contributed by atoms with van der Waals surface area (Å²) in [6.07, 6.45) is -1.81. The normalized spacial score (nSPS) is 12.3. The van der Waals surface area contributed by atoms with E-state index in [1.807, 2.05) is 5.32 Å². The first-order valence-corrected chi connectivity index (χ1v) is 10.6. The van der Waals surface area contributed by atoms with Crippen molar-refractivity contribution < 1.29 is 31.5 Å². The molecule has 12 heteroatoms. The van der Waals surface area contributed by atoms with Gasteiger partial charge in [0, 0.05) is 6.54 Å². The summed E-state index contributed by atoms with van der Waals surface area (Å²) in [7, 11) is -4.10. The number of hydrogen-bond acceptors (Lipinski definition) is 5. The topological polar surface area (TPSA) is 102 Å². The molecule has 0 saturated carbocycles. The largest absolute Gasteiger partial charge is 0.452 e. The highest BCUT2D eigenvalue weighted by Crippen LogP contribution is 2.28. The lowest BCUT2D eigenvalue weighted by Gasteiger charge is -2.14. The van der Waals surface area contributed by atoms with E-state index < -0.39 is 51.7 Å². The molecule has 0 spiro atoms. The van der Waals surface area contributed by atoms with Gasteiger partial charge in [0.05, 0.1) is 16.5 Å². The number of carbonyl (C=O) groups is 2. The molecule has 0 saturated heterocycles. The summed E-state index contributed by atoms with van der Waals surface area (Å²) in [5.41, 5.74) is -0.672. The molecule has 0 aliphatic carbocycles. The van der Waals surface area contributed by atoms with Crippen LogP contribution in [0, 0.1) is 11.6 Å². The second kappa shape index (κ2) is 10.2. The first-order chi connectivity index (χ1) is 14.0. The summed E-state index contributed by atoms with van der Waals surface area (Å²) in [5, 5.41) is 1.80. The van der Waals surface area contributed by atoms with Gasteiger partial charge >= 0.3 is 5.97 Å². The molecule has 0 aliphatic heterocycles. The molecule has 2 rings (SSSR count). The van der Waals surface area contributed by atoms with Gasteiger partial charge in [0.25, 0.3) is 5.91 Å². The smallest absolute Gasteiger partial charge is 0.307 e. The van der Waals surface area contributed by atoms with Gasteiger partial charge in [-0.2, -0.15) is 0 Å². The van der Waals surface area contributed by atoms with Gasteiger partial charge in [0.1, 0.15) is 22.2 Å². The number of esters is 1. The monoisotopic (exact) mass is 480 g/mol. The molecule has 0 fully saturated rings. The number of ether oxygens (including phenoxy) is 1. The quantitative estimate of drug-likeness (QED) is 0.562. The number of para-hydroxylation sites is 1. The molecule has 0 bridgehead atoms. The van der Waals surface area contributed by atoms with Gasteiger partial charge in [-0.15, -0.1) is 0 Å². The molecule has 30 heavy (non-hydrogen) atoms. The van der Waals surface area contributed by atoms with Crippen LogP contribution in [-0.2, 0) is 24.3 Å². The Bertz CT molecular complexity index is 1030. The van der Waals surface area contributed by atoms with Crippen molar-refractivity contribution in [3.63, 3.8) is 0 Å². The van der Waals surface area contributed by atoms with Crippen LogP contribution < -0.4 is 10.0 Å². The maximum Gasteiger partial charge on any atom is 0.307 e. The predicted molar refractivity (Wildman–Crippen MR) is 107 cm³/mol. The third kappa shape index (κ3) is 6.11. The number of rotatable bonds is 8.